The fourth-order valence-corrected chi connectivity index (χ4v) is 4.60. The molecule has 1 aliphatic heterocycles. The van der Waals surface area contributed by atoms with E-state index in [0.717, 1.165) is 30.7 Å². The van der Waals surface area contributed by atoms with Gasteiger partial charge in [-0.3, -0.25) is 14.5 Å². The fourth-order valence-electron chi connectivity index (χ4n) is 3.23. The molecule has 1 fully saturated rings. The van der Waals surface area contributed by atoms with Crippen molar-refractivity contribution >= 4 is 15.9 Å². The molecule has 3 heterocycles. The normalized spacial score (nSPS) is 18.2. The molecule has 2 aromatic rings. The third-order valence-electron chi connectivity index (χ3n) is 5.01. The second-order valence-electron chi connectivity index (χ2n) is 6.72. The van der Waals surface area contributed by atoms with Gasteiger partial charge < -0.3 is 5.32 Å². The van der Waals surface area contributed by atoms with Gasteiger partial charge in [-0.25, -0.2) is 8.42 Å². The summed E-state index contributed by atoms with van der Waals surface area (Å²) in [5.41, 5.74) is 1.59. The molecular formula is C17H21N5O3S. The first-order chi connectivity index (χ1) is 12.5. The van der Waals surface area contributed by atoms with Crippen molar-refractivity contribution in [1.29, 1.82) is 0 Å². The van der Waals surface area contributed by atoms with Crippen LogP contribution in [0.1, 0.15) is 30.7 Å². The molecule has 8 nitrogen and oxygen atoms in total. The summed E-state index contributed by atoms with van der Waals surface area (Å²) >= 11 is 0. The number of hydrogen-bond donors (Lipinski definition) is 1. The predicted octanol–water partition coefficient (Wildman–Crippen LogP) is 0.899. The van der Waals surface area contributed by atoms with Crippen LogP contribution in [0.25, 0.3) is 0 Å². The average molecular weight is 375 g/mol. The van der Waals surface area contributed by atoms with E-state index in [9.17, 15) is 13.2 Å². The van der Waals surface area contributed by atoms with Gasteiger partial charge in [-0.1, -0.05) is 6.42 Å². The lowest BCUT2D eigenvalue weighted by atomic mass is 9.85. The third-order valence-corrected chi connectivity index (χ3v) is 6.83. The van der Waals surface area contributed by atoms with E-state index >= 15 is 0 Å². The van der Waals surface area contributed by atoms with Crippen molar-refractivity contribution in [2.24, 2.45) is 5.92 Å². The van der Waals surface area contributed by atoms with Crippen LogP contribution in [0.2, 0.25) is 0 Å². The van der Waals surface area contributed by atoms with E-state index in [-0.39, 0.29) is 23.3 Å². The number of carbonyl (C=O) groups excluding carboxylic acids is 1. The van der Waals surface area contributed by atoms with Crippen LogP contribution in [-0.4, -0.2) is 39.9 Å². The maximum Gasteiger partial charge on any atom is 0.245 e. The zero-order valence-corrected chi connectivity index (χ0v) is 15.2. The van der Waals surface area contributed by atoms with E-state index in [1.165, 1.54) is 10.5 Å². The summed E-state index contributed by atoms with van der Waals surface area (Å²) in [5.74, 6) is 0.232. The molecule has 2 aliphatic rings. The van der Waals surface area contributed by atoms with Gasteiger partial charge in [0.25, 0.3) is 0 Å². The van der Waals surface area contributed by atoms with Gasteiger partial charge in [-0.05, 0) is 31.0 Å². The van der Waals surface area contributed by atoms with Crippen molar-refractivity contribution < 1.29 is 13.2 Å². The van der Waals surface area contributed by atoms with Gasteiger partial charge >= 0.3 is 0 Å². The van der Waals surface area contributed by atoms with Crippen LogP contribution in [0.3, 0.4) is 0 Å². The molecule has 0 unspecified atom stereocenters. The maximum absolute atomic E-state index is 12.7. The smallest absolute Gasteiger partial charge is 0.245 e. The first-order valence-electron chi connectivity index (χ1n) is 8.77. The summed E-state index contributed by atoms with van der Waals surface area (Å²) in [6, 6.07) is 5.03. The number of nitrogens with one attached hydrogen (secondary N) is 1. The topological polar surface area (TPSA) is 97.2 Å². The highest BCUT2D eigenvalue weighted by Crippen LogP contribution is 2.26. The van der Waals surface area contributed by atoms with E-state index in [1.807, 2.05) is 10.7 Å². The first kappa shape index (κ1) is 17.2. The van der Waals surface area contributed by atoms with Gasteiger partial charge in [-0.15, -0.1) is 0 Å². The maximum atomic E-state index is 12.7. The minimum Gasteiger partial charge on any atom is -0.350 e. The number of fused-ring (bicyclic) bond motifs is 1. The highest BCUT2D eigenvalue weighted by Gasteiger charge is 2.30. The summed E-state index contributed by atoms with van der Waals surface area (Å²) in [6.45, 7) is 1.50. The molecule has 2 aromatic heterocycles. The molecule has 0 atom stereocenters. The Balaban J connectivity index is 1.44. The van der Waals surface area contributed by atoms with Gasteiger partial charge in [0.2, 0.25) is 15.9 Å². The van der Waals surface area contributed by atoms with Crippen LogP contribution < -0.4 is 5.32 Å². The second kappa shape index (κ2) is 6.81. The first-order valence-corrected chi connectivity index (χ1v) is 10.2. The molecule has 0 saturated heterocycles. The van der Waals surface area contributed by atoms with Crippen molar-refractivity contribution in [2.75, 3.05) is 6.54 Å². The second-order valence-corrected chi connectivity index (χ2v) is 8.66. The minimum absolute atomic E-state index is 0.0861. The lowest BCUT2D eigenvalue weighted by Crippen LogP contribution is -2.38. The quantitative estimate of drug-likeness (QED) is 0.837. The minimum atomic E-state index is -3.57. The standard InChI is InChI=1S/C17H21N5O3S/c23-17(13-3-1-4-13)19-10-14-9-15-12-21(7-8-22(15)20-14)26(24,25)16-5-2-6-18-11-16/h2,5-6,9,11,13H,1,3-4,7-8,10,12H2,(H,19,23). The molecule has 138 valence electrons. The Morgan fingerprint density at radius 2 is 2.15 bits per heavy atom. The zero-order valence-electron chi connectivity index (χ0n) is 14.3. The zero-order chi connectivity index (χ0) is 18.1. The largest absolute Gasteiger partial charge is 0.350 e. The Morgan fingerprint density at radius 3 is 2.85 bits per heavy atom. The lowest BCUT2D eigenvalue weighted by molar-refractivity contribution is -0.127. The number of hydrogen-bond acceptors (Lipinski definition) is 5. The monoisotopic (exact) mass is 375 g/mol. The number of aromatic nitrogens is 3. The molecule has 0 bridgehead atoms. The Hall–Kier alpha value is -2.26. The van der Waals surface area contributed by atoms with Crippen LogP contribution in [0.5, 0.6) is 0 Å². The van der Waals surface area contributed by atoms with Crippen LogP contribution in [-0.2, 0) is 34.5 Å². The molecule has 0 aromatic carbocycles. The predicted molar refractivity (Wildman–Crippen MR) is 93.2 cm³/mol. The van der Waals surface area contributed by atoms with E-state index < -0.39 is 10.0 Å². The van der Waals surface area contributed by atoms with Crippen molar-refractivity contribution in [3.05, 3.63) is 42.0 Å². The van der Waals surface area contributed by atoms with E-state index in [1.54, 1.807) is 18.3 Å². The molecule has 4 rings (SSSR count). The fraction of sp³-hybridized carbons (Fsp3) is 0.471. The Bertz CT molecular complexity index is 906. The van der Waals surface area contributed by atoms with E-state index in [4.69, 9.17) is 0 Å². The number of carbonyl (C=O) groups is 1. The summed E-state index contributed by atoms with van der Waals surface area (Å²) in [7, 11) is -3.57. The molecule has 26 heavy (non-hydrogen) atoms. The van der Waals surface area contributed by atoms with Crippen molar-refractivity contribution in [3.63, 3.8) is 0 Å². The van der Waals surface area contributed by atoms with Crippen LogP contribution in [0.15, 0.2) is 35.5 Å². The van der Waals surface area contributed by atoms with E-state index in [2.05, 4.69) is 15.4 Å². The van der Waals surface area contributed by atoms with Gasteiger partial charge in [0.05, 0.1) is 31.0 Å². The Morgan fingerprint density at radius 1 is 1.31 bits per heavy atom. The Labute approximate surface area is 152 Å². The van der Waals surface area contributed by atoms with Crippen molar-refractivity contribution in [2.45, 2.75) is 43.8 Å². The number of sulfonamides is 1. The highest BCUT2D eigenvalue weighted by atomic mass is 32.2. The molecule has 1 saturated carbocycles. The molecule has 0 radical (unpaired) electrons. The summed E-state index contributed by atoms with van der Waals surface area (Å²) in [6.07, 6.45) is 5.97. The summed E-state index contributed by atoms with van der Waals surface area (Å²) in [5, 5.41) is 7.41. The van der Waals surface area contributed by atoms with Crippen molar-refractivity contribution in [1.82, 2.24) is 24.4 Å². The summed E-state index contributed by atoms with van der Waals surface area (Å²) < 4.78 is 28.7. The molecular weight excluding hydrogens is 354 g/mol. The molecule has 0 spiro atoms. The number of nitrogens with zero attached hydrogens (tertiary/aromatic N) is 4. The van der Waals surface area contributed by atoms with Gasteiger partial charge in [-0.2, -0.15) is 9.40 Å². The van der Waals surface area contributed by atoms with Crippen LogP contribution in [0.4, 0.5) is 0 Å². The van der Waals surface area contributed by atoms with Gasteiger partial charge in [0, 0.05) is 24.9 Å². The molecule has 9 heteroatoms. The average Bonchev–Trinajstić information content (AvgIpc) is 3.01. The van der Waals surface area contributed by atoms with Gasteiger partial charge in [0.15, 0.2) is 0 Å². The Kier molecular flexibility index (Phi) is 4.49. The van der Waals surface area contributed by atoms with Crippen LogP contribution >= 0.6 is 0 Å². The van der Waals surface area contributed by atoms with Crippen LogP contribution in [0, 0.1) is 5.92 Å². The number of rotatable bonds is 5. The highest BCUT2D eigenvalue weighted by molar-refractivity contribution is 7.89. The number of amides is 1. The van der Waals surface area contributed by atoms with E-state index in [0.29, 0.717) is 19.6 Å². The SMILES string of the molecule is O=C(NCc1cc2n(n1)CCN(S(=O)(=O)c1cccnc1)C2)C1CCC1. The lowest BCUT2D eigenvalue weighted by Gasteiger charge is -2.26. The summed E-state index contributed by atoms with van der Waals surface area (Å²) in [4.78, 5) is 16.0. The molecule has 1 N–H and O–H groups in total. The molecule has 1 aliphatic carbocycles. The van der Waals surface area contributed by atoms with Crippen molar-refractivity contribution in [3.8, 4) is 0 Å². The third kappa shape index (κ3) is 3.24. The number of pyridine rings is 1. The molecule has 1 amide bonds. The van der Waals surface area contributed by atoms with Gasteiger partial charge in [0.1, 0.15) is 4.90 Å².